The molecule has 0 unspecified atom stereocenters. The number of benzene rings is 2. The molecule has 0 aliphatic rings. The quantitative estimate of drug-likeness (QED) is 0.716. The van der Waals surface area contributed by atoms with E-state index in [-0.39, 0.29) is 0 Å². The summed E-state index contributed by atoms with van der Waals surface area (Å²) >= 11 is 0. The molecule has 0 radical (unpaired) electrons. The molecule has 0 fully saturated rings. The van der Waals surface area contributed by atoms with E-state index in [0.717, 1.165) is 12.2 Å². The highest BCUT2D eigenvalue weighted by molar-refractivity contribution is 5.46. The Morgan fingerprint density at radius 2 is 1.52 bits per heavy atom. The lowest BCUT2D eigenvalue weighted by Gasteiger charge is -2.23. The van der Waals surface area contributed by atoms with Gasteiger partial charge in [-0.1, -0.05) is 48.5 Å². The Morgan fingerprint density at radius 3 is 2.14 bits per heavy atom. The normalized spacial score (nSPS) is 10.5. The van der Waals surface area contributed by atoms with Crippen LogP contribution in [0.1, 0.15) is 17.3 Å². The number of aryl methyl sites for hydroxylation is 1. The van der Waals surface area contributed by atoms with Gasteiger partial charge in [0.15, 0.2) is 0 Å². The van der Waals surface area contributed by atoms with Crippen molar-refractivity contribution in [2.24, 2.45) is 0 Å². The molecule has 0 atom stereocenters. The van der Waals surface area contributed by atoms with Crippen LogP contribution < -0.4 is 4.90 Å². The minimum absolute atomic E-state index is 0.595. The van der Waals surface area contributed by atoms with Crippen LogP contribution in [-0.4, -0.2) is 10.2 Å². The lowest BCUT2D eigenvalue weighted by Crippen LogP contribution is -2.22. The summed E-state index contributed by atoms with van der Waals surface area (Å²) < 4.78 is 5.51. The van der Waals surface area contributed by atoms with E-state index in [0.29, 0.717) is 18.3 Å². The Morgan fingerprint density at radius 1 is 0.857 bits per heavy atom. The first-order chi connectivity index (χ1) is 10.3. The van der Waals surface area contributed by atoms with Crippen molar-refractivity contribution >= 4 is 5.69 Å². The summed E-state index contributed by atoms with van der Waals surface area (Å²) in [5.74, 6) is 1.23. The minimum Gasteiger partial charge on any atom is -0.424 e. The third-order valence-electron chi connectivity index (χ3n) is 3.23. The second-order valence-electron chi connectivity index (χ2n) is 4.89. The first-order valence-corrected chi connectivity index (χ1v) is 6.94. The summed E-state index contributed by atoms with van der Waals surface area (Å²) in [4.78, 5) is 2.22. The molecule has 4 heteroatoms. The van der Waals surface area contributed by atoms with Crippen LogP contribution in [0.5, 0.6) is 0 Å². The first kappa shape index (κ1) is 13.4. The molecule has 3 aromatic rings. The number of para-hydroxylation sites is 1. The first-order valence-electron chi connectivity index (χ1n) is 6.94. The van der Waals surface area contributed by atoms with Crippen molar-refractivity contribution in [3.63, 3.8) is 0 Å². The van der Waals surface area contributed by atoms with Crippen LogP contribution in [0.2, 0.25) is 0 Å². The summed E-state index contributed by atoms with van der Waals surface area (Å²) in [6, 6.07) is 20.6. The Bertz CT molecular complexity index is 680. The van der Waals surface area contributed by atoms with Gasteiger partial charge in [-0.25, -0.2) is 0 Å². The molecule has 1 aromatic heterocycles. The molecule has 0 aliphatic carbocycles. The van der Waals surface area contributed by atoms with E-state index in [2.05, 4.69) is 51.5 Å². The van der Waals surface area contributed by atoms with Crippen molar-refractivity contribution in [2.75, 3.05) is 4.90 Å². The lowest BCUT2D eigenvalue weighted by atomic mass is 10.2. The molecule has 4 nitrogen and oxygen atoms in total. The fraction of sp³-hybridized carbons (Fsp3) is 0.176. The average Bonchev–Trinajstić information content (AvgIpc) is 2.94. The van der Waals surface area contributed by atoms with Gasteiger partial charge in [0.05, 0.1) is 6.54 Å². The molecule has 0 saturated carbocycles. The van der Waals surface area contributed by atoms with Crippen molar-refractivity contribution < 1.29 is 4.42 Å². The van der Waals surface area contributed by atoms with Gasteiger partial charge in [-0.3, -0.25) is 0 Å². The average molecular weight is 279 g/mol. The monoisotopic (exact) mass is 279 g/mol. The van der Waals surface area contributed by atoms with Crippen LogP contribution in [-0.2, 0) is 13.1 Å². The highest BCUT2D eigenvalue weighted by Crippen LogP contribution is 2.19. The summed E-state index contributed by atoms with van der Waals surface area (Å²) in [6.07, 6.45) is 0. The van der Waals surface area contributed by atoms with Gasteiger partial charge in [0, 0.05) is 19.2 Å². The zero-order valence-corrected chi connectivity index (χ0v) is 11.9. The van der Waals surface area contributed by atoms with Gasteiger partial charge in [-0.2, -0.15) is 0 Å². The summed E-state index contributed by atoms with van der Waals surface area (Å²) in [5.41, 5.74) is 2.38. The zero-order chi connectivity index (χ0) is 14.5. The smallest absolute Gasteiger partial charge is 0.235 e. The fourth-order valence-corrected chi connectivity index (χ4v) is 2.25. The highest BCUT2D eigenvalue weighted by Gasteiger charge is 2.12. The van der Waals surface area contributed by atoms with Gasteiger partial charge in [0.1, 0.15) is 0 Å². The van der Waals surface area contributed by atoms with Gasteiger partial charge in [0.2, 0.25) is 11.8 Å². The van der Waals surface area contributed by atoms with E-state index in [9.17, 15) is 0 Å². The van der Waals surface area contributed by atoms with Gasteiger partial charge in [-0.05, 0) is 17.7 Å². The van der Waals surface area contributed by atoms with Crippen LogP contribution in [0.3, 0.4) is 0 Å². The Hall–Kier alpha value is -2.62. The van der Waals surface area contributed by atoms with Crippen LogP contribution in [0.15, 0.2) is 65.1 Å². The topological polar surface area (TPSA) is 42.2 Å². The second-order valence-corrected chi connectivity index (χ2v) is 4.89. The Labute approximate surface area is 124 Å². The van der Waals surface area contributed by atoms with Crippen molar-refractivity contribution in [3.8, 4) is 0 Å². The van der Waals surface area contributed by atoms with E-state index < -0.39 is 0 Å². The van der Waals surface area contributed by atoms with Crippen molar-refractivity contribution in [1.29, 1.82) is 0 Å². The number of anilines is 1. The van der Waals surface area contributed by atoms with Crippen LogP contribution in [0.25, 0.3) is 0 Å². The molecule has 0 saturated heterocycles. The van der Waals surface area contributed by atoms with Crippen LogP contribution in [0.4, 0.5) is 5.69 Å². The predicted octanol–water partition coefficient (Wildman–Crippen LogP) is 3.58. The summed E-state index contributed by atoms with van der Waals surface area (Å²) in [7, 11) is 0. The third-order valence-corrected chi connectivity index (χ3v) is 3.23. The number of aromatic nitrogens is 2. The van der Waals surface area contributed by atoms with Crippen molar-refractivity contribution in [3.05, 3.63) is 78.0 Å². The molecule has 0 spiro atoms. The Balaban J connectivity index is 1.84. The molecular formula is C17H17N3O. The molecular weight excluding hydrogens is 262 g/mol. The second kappa shape index (κ2) is 6.22. The zero-order valence-electron chi connectivity index (χ0n) is 11.9. The van der Waals surface area contributed by atoms with Gasteiger partial charge < -0.3 is 9.32 Å². The number of hydrogen-bond acceptors (Lipinski definition) is 4. The van der Waals surface area contributed by atoms with E-state index in [1.807, 2.05) is 24.3 Å². The van der Waals surface area contributed by atoms with Gasteiger partial charge in [-0.15, -0.1) is 10.2 Å². The minimum atomic E-state index is 0.595. The van der Waals surface area contributed by atoms with Gasteiger partial charge >= 0.3 is 0 Å². The number of hydrogen-bond donors (Lipinski definition) is 0. The maximum absolute atomic E-state index is 5.51. The standard InChI is InChI=1S/C17H17N3O/c1-14-18-19-17(21-14)13-20(16-10-6-3-7-11-16)12-15-8-4-2-5-9-15/h2-11H,12-13H2,1H3. The summed E-state index contributed by atoms with van der Waals surface area (Å²) in [6.45, 7) is 3.20. The van der Waals surface area contributed by atoms with Crippen LogP contribution in [0, 0.1) is 6.92 Å². The van der Waals surface area contributed by atoms with Crippen molar-refractivity contribution in [1.82, 2.24) is 10.2 Å². The Kier molecular flexibility index (Phi) is 3.96. The molecule has 1 heterocycles. The van der Waals surface area contributed by atoms with Crippen molar-refractivity contribution in [2.45, 2.75) is 20.0 Å². The maximum atomic E-state index is 5.51. The molecule has 2 aromatic carbocycles. The van der Waals surface area contributed by atoms with Gasteiger partial charge in [0.25, 0.3) is 0 Å². The van der Waals surface area contributed by atoms with E-state index in [1.54, 1.807) is 6.92 Å². The summed E-state index contributed by atoms with van der Waals surface area (Å²) in [5, 5.41) is 7.99. The third kappa shape index (κ3) is 3.48. The fourth-order valence-electron chi connectivity index (χ4n) is 2.25. The molecule has 106 valence electrons. The molecule has 21 heavy (non-hydrogen) atoms. The maximum Gasteiger partial charge on any atom is 0.235 e. The van der Waals surface area contributed by atoms with E-state index in [1.165, 1.54) is 5.56 Å². The number of rotatable bonds is 5. The largest absolute Gasteiger partial charge is 0.424 e. The SMILES string of the molecule is Cc1nnc(CN(Cc2ccccc2)c2ccccc2)o1. The molecule has 0 N–H and O–H groups in total. The lowest BCUT2D eigenvalue weighted by molar-refractivity contribution is 0.461. The van der Waals surface area contributed by atoms with E-state index in [4.69, 9.17) is 4.42 Å². The molecule has 0 amide bonds. The predicted molar refractivity (Wildman–Crippen MR) is 81.8 cm³/mol. The molecule has 0 bridgehead atoms. The number of nitrogens with zero attached hydrogens (tertiary/aromatic N) is 3. The molecule has 3 rings (SSSR count). The highest BCUT2D eigenvalue weighted by atomic mass is 16.4. The van der Waals surface area contributed by atoms with E-state index >= 15 is 0 Å². The van der Waals surface area contributed by atoms with Crippen LogP contribution >= 0.6 is 0 Å². The molecule has 0 aliphatic heterocycles.